The lowest BCUT2D eigenvalue weighted by Gasteiger charge is -2.14. The first kappa shape index (κ1) is 13.8. The van der Waals surface area contributed by atoms with E-state index in [2.05, 4.69) is 10.3 Å². The molecule has 1 aromatic heterocycles. The van der Waals surface area contributed by atoms with Crippen LogP contribution in [0.2, 0.25) is 0 Å². The van der Waals surface area contributed by atoms with Gasteiger partial charge >= 0.3 is 0 Å². The quantitative estimate of drug-likeness (QED) is 0.677. The molecule has 0 saturated carbocycles. The molecule has 3 rings (SSSR count). The van der Waals surface area contributed by atoms with Crippen molar-refractivity contribution in [3.8, 4) is 0 Å². The molecule has 1 aromatic carbocycles. The minimum absolute atomic E-state index is 0.0775. The number of nitro benzene ring substituents is 1. The molecule has 4 atom stereocenters. The first-order valence-corrected chi connectivity index (χ1v) is 6.50. The normalized spacial score (nSPS) is 29.1. The van der Waals surface area contributed by atoms with Gasteiger partial charge in [0.25, 0.3) is 5.69 Å². The monoisotopic (exact) mass is 296 g/mol. The van der Waals surface area contributed by atoms with Crippen molar-refractivity contribution < 1.29 is 19.2 Å². The maximum absolute atomic E-state index is 13.9. The molecule has 2 heterocycles. The lowest BCUT2D eigenvalue weighted by atomic mass is 10.1. The summed E-state index contributed by atoms with van der Waals surface area (Å²) in [6.45, 7) is 1.75. The van der Waals surface area contributed by atoms with Gasteiger partial charge in [0.15, 0.2) is 17.9 Å². The Kier molecular flexibility index (Phi) is 3.30. The number of aliphatic hydroxyl groups is 1. The fourth-order valence-corrected chi connectivity index (χ4v) is 2.52. The van der Waals surface area contributed by atoms with E-state index in [0.29, 0.717) is 11.9 Å². The van der Waals surface area contributed by atoms with Crippen molar-refractivity contribution in [2.45, 2.75) is 38.0 Å². The molecule has 0 spiro atoms. The summed E-state index contributed by atoms with van der Waals surface area (Å²) in [5.74, 6) is 0. The van der Waals surface area contributed by atoms with Crippen LogP contribution >= 0.6 is 0 Å². The van der Waals surface area contributed by atoms with E-state index in [1.54, 1.807) is 13.0 Å². The minimum Gasteiger partial charge on any atom is -0.385 e. The fraction of sp³-hybridized carbons (Fsp3) is 0.500. The van der Waals surface area contributed by atoms with E-state index in [9.17, 15) is 19.6 Å². The molecule has 0 amide bonds. The third-order valence-electron chi connectivity index (χ3n) is 3.61. The van der Waals surface area contributed by atoms with Crippen LogP contribution < -0.4 is 0 Å². The molecule has 1 fully saturated rings. The second-order valence-electron chi connectivity index (χ2n) is 4.84. The van der Waals surface area contributed by atoms with Gasteiger partial charge in [0.1, 0.15) is 6.10 Å². The summed E-state index contributed by atoms with van der Waals surface area (Å²) in [7, 11) is 0. The van der Waals surface area contributed by atoms with E-state index >= 15 is 0 Å². The number of ether oxygens (including phenoxy) is 1. The highest BCUT2D eigenvalue weighted by molar-refractivity contribution is 5.83. The first-order chi connectivity index (χ1) is 10.0. The van der Waals surface area contributed by atoms with Crippen LogP contribution in [-0.4, -0.2) is 43.4 Å². The number of nitro groups is 1. The zero-order valence-corrected chi connectivity index (χ0v) is 11.1. The van der Waals surface area contributed by atoms with Gasteiger partial charge in [-0.2, -0.15) is 0 Å². The Balaban J connectivity index is 2.06. The zero-order valence-electron chi connectivity index (χ0n) is 11.1. The highest BCUT2D eigenvalue weighted by atomic mass is 19.1. The molecular weight excluding hydrogens is 283 g/mol. The number of aliphatic hydroxyl groups excluding tert-OH is 1. The van der Waals surface area contributed by atoms with E-state index in [-0.39, 0.29) is 11.2 Å². The molecule has 1 N–H and O–H groups in total. The number of alkyl halides is 1. The summed E-state index contributed by atoms with van der Waals surface area (Å²) in [5, 5.41) is 28.4. The van der Waals surface area contributed by atoms with Gasteiger partial charge in [0.05, 0.1) is 16.5 Å². The molecule has 0 radical (unpaired) electrons. The highest BCUT2D eigenvalue weighted by Gasteiger charge is 2.45. The van der Waals surface area contributed by atoms with Crippen molar-refractivity contribution in [3.05, 3.63) is 28.3 Å². The van der Waals surface area contributed by atoms with Crippen molar-refractivity contribution >= 4 is 16.7 Å². The molecule has 2 aromatic rings. The number of hydrogen-bond donors (Lipinski definition) is 1. The Morgan fingerprint density at radius 3 is 2.95 bits per heavy atom. The van der Waals surface area contributed by atoms with Crippen LogP contribution in [-0.2, 0) is 4.74 Å². The van der Waals surface area contributed by atoms with Crippen LogP contribution in [0.1, 0.15) is 19.6 Å². The third kappa shape index (κ3) is 2.05. The van der Waals surface area contributed by atoms with Crippen molar-refractivity contribution in [1.82, 2.24) is 15.0 Å². The Morgan fingerprint density at radius 1 is 1.57 bits per heavy atom. The third-order valence-corrected chi connectivity index (χ3v) is 3.61. The lowest BCUT2D eigenvalue weighted by Crippen LogP contribution is -2.28. The average molecular weight is 296 g/mol. The standard InChI is InChI=1S/C12H13FN4O4/c1-2-8-9(13)11(18)12(21-8)16-6-4-3-5-7(17(19)20)10(6)14-15-16/h3-5,8-9,11-12,18H,2H2,1H3/t8-,9-,11-,12-/m1/s1. The zero-order chi connectivity index (χ0) is 15.1. The van der Waals surface area contributed by atoms with Crippen molar-refractivity contribution in [2.24, 2.45) is 0 Å². The summed E-state index contributed by atoms with van der Waals surface area (Å²) in [5.41, 5.74) is 0.195. The number of rotatable bonds is 3. The maximum atomic E-state index is 13.9. The molecular formula is C12H13FN4O4. The lowest BCUT2D eigenvalue weighted by molar-refractivity contribution is -0.383. The molecule has 1 aliphatic heterocycles. The summed E-state index contributed by atoms with van der Waals surface area (Å²) in [6, 6.07) is 4.34. The van der Waals surface area contributed by atoms with Crippen LogP contribution in [0.15, 0.2) is 18.2 Å². The van der Waals surface area contributed by atoms with Gasteiger partial charge < -0.3 is 9.84 Å². The summed E-state index contributed by atoms with van der Waals surface area (Å²) in [6.07, 6.45) is -4.29. The molecule has 1 aliphatic rings. The summed E-state index contributed by atoms with van der Waals surface area (Å²) >= 11 is 0. The number of nitrogens with zero attached hydrogens (tertiary/aromatic N) is 4. The van der Waals surface area contributed by atoms with Gasteiger partial charge in [-0.3, -0.25) is 10.1 Å². The van der Waals surface area contributed by atoms with E-state index in [0.717, 1.165) is 0 Å². The van der Waals surface area contributed by atoms with Gasteiger partial charge in [-0.15, -0.1) is 5.10 Å². The SMILES string of the molecule is CC[C@H]1O[C@@H](n2nnc3c([N+](=O)[O-])cccc32)[C@H](O)[C@@H]1F. The second-order valence-corrected chi connectivity index (χ2v) is 4.84. The number of fused-ring (bicyclic) bond motifs is 1. The average Bonchev–Trinajstić information content (AvgIpc) is 3.01. The highest BCUT2D eigenvalue weighted by Crippen LogP contribution is 2.35. The van der Waals surface area contributed by atoms with Crippen molar-refractivity contribution in [1.29, 1.82) is 0 Å². The van der Waals surface area contributed by atoms with E-state index in [1.165, 1.54) is 16.8 Å². The second kappa shape index (κ2) is 5.01. The van der Waals surface area contributed by atoms with Gasteiger partial charge in [-0.05, 0) is 12.5 Å². The van der Waals surface area contributed by atoms with Crippen molar-refractivity contribution in [2.75, 3.05) is 0 Å². The molecule has 0 aliphatic carbocycles. The number of hydrogen-bond acceptors (Lipinski definition) is 6. The van der Waals surface area contributed by atoms with E-state index in [4.69, 9.17) is 4.74 Å². The van der Waals surface area contributed by atoms with Crippen LogP contribution in [0.3, 0.4) is 0 Å². The maximum Gasteiger partial charge on any atom is 0.299 e. The smallest absolute Gasteiger partial charge is 0.299 e. The van der Waals surface area contributed by atoms with Crippen LogP contribution in [0.5, 0.6) is 0 Å². The van der Waals surface area contributed by atoms with Gasteiger partial charge in [0, 0.05) is 6.07 Å². The van der Waals surface area contributed by atoms with Crippen LogP contribution in [0.25, 0.3) is 11.0 Å². The van der Waals surface area contributed by atoms with E-state index < -0.39 is 29.5 Å². The molecule has 112 valence electrons. The Labute approximate surface area is 118 Å². The Hall–Kier alpha value is -2.13. The minimum atomic E-state index is -1.53. The predicted octanol–water partition coefficient (Wildman–Crippen LogP) is 1.35. The number of non-ortho nitro benzene ring substituents is 1. The van der Waals surface area contributed by atoms with Gasteiger partial charge in [-0.1, -0.05) is 18.2 Å². The summed E-state index contributed by atoms with van der Waals surface area (Å²) < 4.78 is 20.5. The summed E-state index contributed by atoms with van der Waals surface area (Å²) in [4.78, 5) is 10.4. The Morgan fingerprint density at radius 2 is 2.33 bits per heavy atom. The van der Waals surface area contributed by atoms with Crippen LogP contribution in [0.4, 0.5) is 10.1 Å². The molecule has 9 heteroatoms. The van der Waals surface area contributed by atoms with Gasteiger partial charge in [0.2, 0.25) is 0 Å². The molecule has 0 unspecified atom stereocenters. The van der Waals surface area contributed by atoms with E-state index in [1.807, 2.05) is 0 Å². The van der Waals surface area contributed by atoms with Crippen LogP contribution in [0, 0.1) is 10.1 Å². The fourth-order valence-electron chi connectivity index (χ4n) is 2.52. The molecule has 8 nitrogen and oxygen atoms in total. The van der Waals surface area contributed by atoms with Gasteiger partial charge in [-0.25, -0.2) is 9.07 Å². The molecule has 1 saturated heterocycles. The topological polar surface area (TPSA) is 103 Å². The Bertz CT molecular complexity index is 691. The van der Waals surface area contributed by atoms with Crippen molar-refractivity contribution in [3.63, 3.8) is 0 Å². The molecule has 21 heavy (non-hydrogen) atoms. The largest absolute Gasteiger partial charge is 0.385 e. The number of benzene rings is 1. The number of aromatic nitrogens is 3. The number of halogens is 1. The first-order valence-electron chi connectivity index (χ1n) is 6.50. The predicted molar refractivity (Wildman–Crippen MR) is 69.3 cm³/mol. The molecule has 0 bridgehead atoms.